The third-order valence-electron chi connectivity index (χ3n) is 7.72. The first-order chi connectivity index (χ1) is 17.9. The van der Waals surface area contributed by atoms with Gasteiger partial charge in [-0.05, 0) is 33.5 Å². The molecule has 0 saturated carbocycles. The Morgan fingerprint density at radius 1 is 0.868 bits per heavy atom. The van der Waals surface area contributed by atoms with E-state index in [0.717, 1.165) is 11.1 Å². The van der Waals surface area contributed by atoms with Crippen molar-refractivity contribution < 1.29 is 49.7 Å². The second kappa shape index (κ2) is 12.4. The van der Waals surface area contributed by atoms with E-state index in [1.165, 1.54) is 10.4 Å². The van der Waals surface area contributed by atoms with Gasteiger partial charge in [-0.2, -0.15) is 0 Å². The maximum absolute atomic E-state index is 7.28. The van der Waals surface area contributed by atoms with Crippen molar-refractivity contribution in [1.82, 2.24) is 0 Å². The Hall–Kier alpha value is -1.49. The zero-order chi connectivity index (χ0) is 25.9. The van der Waals surface area contributed by atoms with Crippen LogP contribution in [0.5, 0.6) is 0 Å². The maximum atomic E-state index is 7.28. The van der Waals surface area contributed by atoms with Crippen molar-refractivity contribution in [2.45, 2.75) is 51.0 Å². The van der Waals surface area contributed by atoms with Crippen molar-refractivity contribution in [2.24, 2.45) is 5.92 Å². The summed E-state index contributed by atoms with van der Waals surface area (Å²) in [4.78, 5) is 0. The first-order valence-corrected chi connectivity index (χ1v) is 15.0. The van der Waals surface area contributed by atoms with E-state index < -0.39 is 13.9 Å². The fraction of sp³-hybridized carbons (Fsp3) is 0.344. The van der Waals surface area contributed by atoms with Crippen LogP contribution in [0, 0.1) is 43.6 Å². The van der Waals surface area contributed by atoms with Crippen molar-refractivity contribution in [1.29, 1.82) is 0 Å². The molecule has 1 saturated heterocycles. The van der Waals surface area contributed by atoms with Gasteiger partial charge in [-0.3, -0.25) is 0 Å². The van der Waals surface area contributed by atoms with E-state index in [4.69, 9.17) is 18.6 Å². The minimum absolute atomic E-state index is 0. The SMILES string of the molecule is CC1=CC2[CH-]OC1(CO[Si](c1ccccc1)(c1ccccc1)C(C)(C)C)C2OCOCc1ccccc1.[U]. The molecule has 6 heteroatoms. The van der Waals surface area contributed by atoms with Crippen LogP contribution in [0.1, 0.15) is 33.3 Å². The molecule has 1 fully saturated rings. The molecule has 1 aliphatic carbocycles. The van der Waals surface area contributed by atoms with Crippen molar-refractivity contribution in [3.8, 4) is 0 Å². The number of ether oxygens (including phenoxy) is 3. The maximum Gasteiger partial charge on any atom is 0.261 e. The van der Waals surface area contributed by atoms with Crippen LogP contribution in [0.3, 0.4) is 0 Å². The Balaban J connectivity index is 0.00000336. The molecule has 38 heavy (non-hydrogen) atoms. The van der Waals surface area contributed by atoms with Gasteiger partial charge in [0.15, 0.2) is 0 Å². The minimum Gasteiger partial charge on any atom is -0.540 e. The molecule has 1 aliphatic heterocycles. The molecule has 198 valence electrons. The fourth-order valence-electron chi connectivity index (χ4n) is 5.83. The zero-order valence-electron chi connectivity index (χ0n) is 22.7. The topological polar surface area (TPSA) is 36.9 Å². The number of hydrogen-bond acceptors (Lipinski definition) is 4. The molecule has 3 aromatic carbocycles. The standard InChI is InChI=1S/C32H37O4Si.U/c1-25-20-27-22-35-32(25,30(27)34-24-33-21-26-14-8-5-9-15-26)23-36-37(31(2,3)4,28-16-10-6-11-17-28)29-18-12-7-13-19-29;/h5-20,22,27,30H,21,23-24H2,1-4H3;/q-1;. The molecule has 0 radical (unpaired) electrons. The van der Waals surface area contributed by atoms with Crippen molar-refractivity contribution in [3.05, 3.63) is 115 Å². The average molecular weight is 752 g/mol. The number of benzene rings is 3. The molecule has 3 atom stereocenters. The van der Waals surface area contributed by atoms with Gasteiger partial charge in [-0.25, -0.2) is 6.61 Å². The van der Waals surface area contributed by atoms with E-state index in [2.05, 4.69) is 107 Å². The molecule has 2 aliphatic rings. The Morgan fingerprint density at radius 2 is 1.42 bits per heavy atom. The van der Waals surface area contributed by atoms with E-state index in [-0.39, 0.29) is 55.0 Å². The Kier molecular flexibility index (Phi) is 9.59. The van der Waals surface area contributed by atoms with Gasteiger partial charge in [0.1, 0.15) is 12.4 Å². The molecule has 0 N–H and O–H groups in total. The Labute approximate surface area is 252 Å². The summed E-state index contributed by atoms with van der Waals surface area (Å²) in [5.41, 5.74) is 1.63. The number of rotatable bonds is 10. The minimum atomic E-state index is -2.71. The van der Waals surface area contributed by atoms with E-state index >= 15 is 0 Å². The summed E-state index contributed by atoms with van der Waals surface area (Å²) < 4.78 is 25.9. The quantitative estimate of drug-likeness (QED) is 0.0886. The van der Waals surface area contributed by atoms with Crippen LogP contribution in [0.25, 0.3) is 0 Å². The number of hydrogen-bond donors (Lipinski definition) is 0. The van der Waals surface area contributed by atoms with Gasteiger partial charge in [0.05, 0.1) is 19.3 Å². The molecule has 0 aromatic heterocycles. The summed E-state index contributed by atoms with van der Waals surface area (Å²) in [7, 11) is -2.71. The third kappa shape index (κ3) is 5.56. The van der Waals surface area contributed by atoms with E-state index in [9.17, 15) is 0 Å². The van der Waals surface area contributed by atoms with Gasteiger partial charge in [0.25, 0.3) is 8.32 Å². The molecule has 0 spiro atoms. The van der Waals surface area contributed by atoms with Crippen molar-refractivity contribution in [3.63, 3.8) is 0 Å². The van der Waals surface area contributed by atoms with Crippen molar-refractivity contribution >= 4 is 18.7 Å². The second-order valence-electron chi connectivity index (χ2n) is 11.1. The normalized spacial score (nSPS) is 22.7. The van der Waals surface area contributed by atoms with E-state index in [1.54, 1.807) is 0 Å². The summed E-state index contributed by atoms with van der Waals surface area (Å²) in [5.74, 6) is 0.0862. The summed E-state index contributed by atoms with van der Waals surface area (Å²) in [6.45, 7) is 12.1. The van der Waals surface area contributed by atoms with E-state index in [1.807, 2.05) is 24.8 Å². The predicted octanol–water partition coefficient (Wildman–Crippen LogP) is 5.63. The first kappa shape index (κ1) is 29.5. The molecule has 4 nitrogen and oxygen atoms in total. The molecule has 5 rings (SSSR count). The van der Waals surface area contributed by atoms with Crippen molar-refractivity contribution in [2.75, 3.05) is 13.4 Å². The molecule has 3 unspecified atom stereocenters. The van der Waals surface area contributed by atoms with Gasteiger partial charge >= 0.3 is 0 Å². The largest absolute Gasteiger partial charge is 0.540 e. The van der Waals surface area contributed by atoms with Gasteiger partial charge in [0, 0.05) is 31.1 Å². The van der Waals surface area contributed by atoms with Gasteiger partial charge in [-0.1, -0.05) is 118 Å². The average Bonchev–Trinajstić information content (AvgIpc) is 3.38. The first-order valence-electron chi connectivity index (χ1n) is 13.1. The second-order valence-corrected chi connectivity index (χ2v) is 15.4. The Bertz CT molecular complexity index is 1160. The Morgan fingerprint density at radius 3 is 1.95 bits per heavy atom. The van der Waals surface area contributed by atoms with Crippen LogP contribution >= 0.6 is 0 Å². The summed E-state index contributed by atoms with van der Waals surface area (Å²) in [6.07, 6.45) is 2.07. The van der Waals surface area contributed by atoms with E-state index in [0.29, 0.717) is 13.2 Å². The zero-order valence-corrected chi connectivity index (χ0v) is 27.9. The van der Waals surface area contributed by atoms with Crippen LogP contribution in [0.15, 0.2) is 103 Å². The summed E-state index contributed by atoms with van der Waals surface area (Å²) >= 11 is 0. The predicted molar refractivity (Wildman–Crippen MR) is 150 cm³/mol. The van der Waals surface area contributed by atoms with Crippen LogP contribution in [-0.2, 0) is 25.2 Å². The van der Waals surface area contributed by atoms with Crippen LogP contribution < -0.4 is 10.4 Å². The van der Waals surface area contributed by atoms with Crippen LogP contribution in [-0.4, -0.2) is 33.4 Å². The smallest absolute Gasteiger partial charge is 0.261 e. The van der Waals surface area contributed by atoms with Gasteiger partial charge in [-0.15, -0.1) is 6.08 Å². The summed E-state index contributed by atoms with van der Waals surface area (Å²) in [6, 6.07) is 31.6. The molecular weight excluding hydrogens is 714 g/mol. The van der Waals surface area contributed by atoms with Gasteiger partial charge in [0.2, 0.25) is 0 Å². The molecule has 2 bridgehead atoms. The monoisotopic (exact) mass is 751 g/mol. The third-order valence-corrected chi connectivity index (χ3v) is 12.7. The van der Waals surface area contributed by atoms with Crippen LogP contribution in [0.2, 0.25) is 5.04 Å². The molecule has 0 amide bonds. The van der Waals surface area contributed by atoms with Crippen LogP contribution in [0.4, 0.5) is 0 Å². The molecular formula is C32H37O4SiU-. The summed E-state index contributed by atoms with van der Waals surface area (Å²) in [5, 5.41) is 2.40. The molecule has 1 heterocycles. The molecule has 3 aromatic rings. The number of fused-ring (bicyclic) bond motifs is 2. The van der Waals surface area contributed by atoms with Gasteiger partial charge < -0.3 is 18.6 Å². The fourth-order valence-corrected chi connectivity index (χ4v) is 10.4.